The Hall–Kier alpha value is -1.87. The molecule has 0 radical (unpaired) electrons. The number of ether oxygens (including phenoxy) is 2. The maximum atomic E-state index is 6.00. The average Bonchev–Trinajstić information content (AvgIpc) is 2.37. The molecule has 0 aromatic heterocycles. The molecule has 2 aromatic rings. The molecule has 0 heterocycles. The van der Waals surface area contributed by atoms with Crippen molar-refractivity contribution in [3.63, 3.8) is 0 Å². The maximum absolute atomic E-state index is 6.00. The molecule has 94 valence electrons. The van der Waals surface area contributed by atoms with E-state index < -0.39 is 0 Å². The molecule has 0 saturated heterocycles. The number of hydrogen-bond acceptors (Lipinski definition) is 3. The number of anilines is 1. The lowest BCUT2D eigenvalue weighted by atomic mass is 10.0. The van der Waals surface area contributed by atoms with Gasteiger partial charge in [0.15, 0.2) is 0 Å². The van der Waals surface area contributed by atoms with Crippen molar-refractivity contribution >= 4 is 17.3 Å². The zero-order chi connectivity index (χ0) is 13.1. The third-order valence-corrected chi connectivity index (χ3v) is 2.82. The summed E-state index contributed by atoms with van der Waals surface area (Å²) in [7, 11) is 3.23. The second-order valence-electron chi connectivity index (χ2n) is 3.87. The van der Waals surface area contributed by atoms with Gasteiger partial charge >= 0.3 is 0 Å². The van der Waals surface area contributed by atoms with Gasteiger partial charge in [0.05, 0.1) is 14.2 Å². The number of nitrogen functional groups attached to an aromatic ring is 1. The number of hydrogen-bond donors (Lipinski definition) is 1. The Morgan fingerprint density at radius 3 is 1.89 bits per heavy atom. The van der Waals surface area contributed by atoms with E-state index in [9.17, 15) is 0 Å². The van der Waals surface area contributed by atoms with Gasteiger partial charge in [0.25, 0.3) is 0 Å². The van der Waals surface area contributed by atoms with Crippen LogP contribution in [-0.4, -0.2) is 14.2 Å². The highest BCUT2D eigenvalue weighted by molar-refractivity contribution is 6.31. The number of benzene rings is 2. The Labute approximate surface area is 111 Å². The molecule has 2 rings (SSSR count). The van der Waals surface area contributed by atoms with Crippen LogP contribution in [0.25, 0.3) is 11.1 Å². The fraction of sp³-hybridized carbons (Fsp3) is 0.143. The summed E-state index contributed by atoms with van der Waals surface area (Å²) in [6.45, 7) is 0. The van der Waals surface area contributed by atoms with E-state index in [2.05, 4.69) is 0 Å². The summed E-state index contributed by atoms with van der Waals surface area (Å²) in [5, 5.41) is 0.604. The molecule has 0 atom stereocenters. The highest BCUT2D eigenvalue weighted by Crippen LogP contribution is 2.32. The van der Waals surface area contributed by atoms with Crippen molar-refractivity contribution in [3.8, 4) is 22.6 Å². The molecular formula is C14H14ClNO2. The van der Waals surface area contributed by atoms with Crippen molar-refractivity contribution in [1.29, 1.82) is 0 Å². The second-order valence-corrected chi connectivity index (χ2v) is 4.31. The standard InChI is InChI=1S/C14H14ClNO2/c1-17-13-5-10(6-14(8-13)18-2)9-3-11(15)7-12(16)4-9/h3-8H,16H2,1-2H3. The van der Waals surface area contributed by atoms with E-state index >= 15 is 0 Å². The quantitative estimate of drug-likeness (QED) is 0.861. The lowest BCUT2D eigenvalue weighted by molar-refractivity contribution is 0.394. The van der Waals surface area contributed by atoms with Crippen LogP contribution < -0.4 is 15.2 Å². The minimum absolute atomic E-state index is 0.604. The molecule has 0 spiro atoms. The molecule has 18 heavy (non-hydrogen) atoms. The van der Waals surface area contributed by atoms with E-state index in [0.29, 0.717) is 10.7 Å². The molecule has 4 heteroatoms. The van der Waals surface area contributed by atoms with Crippen molar-refractivity contribution in [3.05, 3.63) is 41.4 Å². The highest BCUT2D eigenvalue weighted by atomic mass is 35.5. The summed E-state index contributed by atoms with van der Waals surface area (Å²) in [4.78, 5) is 0. The van der Waals surface area contributed by atoms with Crippen molar-refractivity contribution in [2.45, 2.75) is 0 Å². The summed E-state index contributed by atoms with van der Waals surface area (Å²) >= 11 is 6.00. The molecule has 3 nitrogen and oxygen atoms in total. The summed E-state index contributed by atoms with van der Waals surface area (Å²) in [5.74, 6) is 1.45. The van der Waals surface area contributed by atoms with Crippen molar-refractivity contribution in [2.24, 2.45) is 0 Å². The van der Waals surface area contributed by atoms with E-state index in [0.717, 1.165) is 22.6 Å². The van der Waals surface area contributed by atoms with Gasteiger partial charge in [0.2, 0.25) is 0 Å². The third-order valence-electron chi connectivity index (χ3n) is 2.60. The van der Waals surface area contributed by atoms with Gasteiger partial charge in [-0.25, -0.2) is 0 Å². The fourth-order valence-corrected chi connectivity index (χ4v) is 2.00. The van der Waals surface area contributed by atoms with E-state index in [1.807, 2.05) is 30.3 Å². The number of methoxy groups -OCH3 is 2. The second kappa shape index (κ2) is 5.19. The molecule has 0 aliphatic heterocycles. The van der Waals surface area contributed by atoms with Gasteiger partial charge in [-0.05, 0) is 41.5 Å². The van der Waals surface area contributed by atoms with Crippen LogP contribution in [0.2, 0.25) is 5.02 Å². The number of halogens is 1. The van der Waals surface area contributed by atoms with Gasteiger partial charge in [-0.2, -0.15) is 0 Å². The fourth-order valence-electron chi connectivity index (χ4n) is 1.75. The topological polar surface area (TPSA) is 44.5 Å². The number of nitrogens with two attached hydrogens (primary N) is 1. The first kappa shape index (κ1) is 12.6. The third kappa shape index (κ3) is 2.68. The Balaban J connectivity index is 2.55. The molecule has 0 unspecified atom stereocenters. The smallest absolute Gasteiger partial charge is 0.123 e. The first-order valence-corrected chi connectivity index (χ1v) is 5.79. The first-order valence-electron chi connectivity index (χ1n) is 5.42. The minimum atomic E-state index is 0.604. The summed E-state index contributed by atoms with van der Waals surface area (Å²) in [6, 6.07) is 11.1. The monoisotopic (exact) mass is 263 g/mol. The van der Waals surface area contributed by atoms with Crippen molar-refractivity contribution < 1.29 is 9.47 Å². The SMILES string of the molecule is COc1cc(OC)cc(-c2cc(N)cc(Cl)c2)c1. The molecule has 0 aliphatic rings. The van der Waals surface area contributed by atoms with Gasteiger partial charge in [-0.3, -0.25) is 0 Å². The molecule has 0 saturated carbocycles. The van der Waals surface area contributed by atoms with E-state index in [-0.39, 0.29) is 0 Å². The zero-order valence-electron chi connectivity index (χ0n) is 10.2. The molecule has 0 fully saturated rings. The molecular weight excluding hydrogens is 250 g/mol. The lowest BCUT2D eigenvalue weighted by Gasteiger charge is -2.09. The molecule has 0 bridgehead atoms. The van der Waals surface area contributed by atoms with Crippen molar-refractivity contribution in [2.75, 3.05) is 20.0 Å². The number of rotatable bonds is 3. The predicted octanol–water partition coefficient (Wildman–Crippen LogP) is 3.61. The van der Waals surface area contributed by atoms with E-state index in [4.69, 9.17) is 26.8 Å². The van der Waals surface area contributed by atoms with Crippen LogP contribution >= 0.6 is 11.6 Å². The summed E-state index contributed by atoms with van der Waals surface area (Å²) in [6.07, 6.45) is 0. The molecule has 2 N–H and O–H groups in total. The van der Waals surface area contributed by atoms with Crippen LogP contribution in [0.15, 0.2) is 36.4 Å². The normalized spacial score (nSPS) is 10.2. The largest absolute Gasteiger partial charge is 0.497 e. The van der Waals surface area contributed by atoms with Gasteiger partial charge in [-0.1, -0.05) is 11.6 Å². The average molecular weight is 264 g/mol. The maximum Gasteiger partial charge on any atom is 0.123 e. The molecule has 2 aromatic carbocycles. The zero-order valence-corrected chi connectivity index (χ0v) is 11.0. The van der Waals surface area contributed by atoms with Crippen molar-refractivity contribution in [1.82, 2.24) is 0 Å². The summed E-state index contributed by atoms with van der Waals surface area (Å²) < 4.78 is 10.5. The lowest BCUT2D eigenvalue weighted by Crippen LogP contribution is -1.90. The van der Waals surface area contributed by atoms with Crippen LogP contribution in [0.3, 0.4) is 0 Å². The Bertz CT molecular complexity index is 527. The first-order chi connectivity index (χ1) is 8.62. The van der Waals surface area contributed by atoms with Crippen LogP contribution in [0.5, 0.6) is 11.5 Å². The summed E-state index contributed by atoms with van der Waals surface area (Å²) in [5.41, 5.74) is 8.29. The van der Waals surface area contributed by atoms with Crippen LogP contribution in [-0.2, 0) is 0 Å². The van der Waals surface area contributed by atoms with E-state index in [1.165, 1.54) is 0 Å². The Morgan fingerprint density at radius 2 is 1.39 bits per heavy atom. The highest BCUT2D eigenvalue weighted by Gasteiger charge is 2.06. The Morgan fingerprint density at radius 1 is 0.833 bits per heavy atom. The predicted molar refractivity (Wildman–Crippen MR) is 74.4 cm³/mol. The minimum Gasteiger partial charge on any atom is -0.497 e. The van der Waals surface area contributed by atoms with Crippen LogP contribution in [0.1, 0.15) is 0 Å². The van der Waals surface area contributed by atoms with Gasteiger partial charge in [0, 0.05) is 16.8 Å². The molecule has 0 amide bonds. The van der Waals surface area contributed by atoms with E-state index in [1.54, 1.807) is 20.3 Å². The van der Waals surface area contributed by atoms with Gasteiger partial charge < -0.3 is 15.2 Å². The molecule has 0 aliphatic carbocycles. The van der Waals surface area contributed by atoms with Crippen LogP contribution in [0.4, 0.5) is 5.69 Å². The van der Waals surface area contributed by atoms with Gasteiger partial charge in [-0.15, -0.1) is 0 Å². The Kier molecular flexibility index (Phi) is 3.63. The van der Waals surface area contributed by atoms with Crippen LogP contribution in [0, 0.1) is 0 Å². The van der Waals surface area contributed by atoms with Gasteiger partial charge in [0.1, 0.15) is 11.5 Å².